The number of morpholine rings is 1. The van der Waals surface area contributed by atoms with E-state index in [0.717, 1.165) is 24.8 Å². The van der Waals surface area contributed by atoms with Crippen molar-refractivity contribution in [3.8, 4) is 0 Å². The van der Waals surface area contributed by atoms with Crippen molar-refractivity contribution < 1.29 is 51.8 Å². The lowest BCUT2D eigenvalue weighted by Gasteiger charge is -2.30. The molecule has 280 valence electrons. The molecule has 2 fully saturated rings. The lowest BCUT2D eigenvalue weighted by Crippen LogP contribution is -2.55. The van der Waals surface area contributed by atoms with Crippen molar-refractivity contribution in [3.63, 3.8) is 0 Å². The zero-order valence-electron chi connectivity index (χ0n) is 28.9. The number of unbranched alkanes of at least 4 members (excludes halogenated alkanes) is 2. The Morgan fingerprint density at radius 1 is 1.04 bits per heavy atom. The molecule has 1 aromatic rings. The summed E-state index contributed by atoms with van der Waals surface area (Å²) in [5.41, 5.74) is 0.870. The first-order chi connectivity index (χ1) is 24.2. The molecule has 4 N–H and O–H groups in total. The number of nitrogens with one attached hydrogen (secondary N) is 4. The predicted molar refractivity (Wildman–Crippen MR) is 182 cm³/mol. The van der Waals surface area contributed by atoms with Crippen LogP contribution < -0.4 is 21.3 Å². The Hall–Kier alpha value is -3.56. The smallest absolute Gasteiger partial charge is 0.407 e. The van der Waals surface area contributed by atoms with E-state index in [1.54, 1.807) is 4.90 Å². The number of rotatable bonds is 20. The minimum atomic E-state index is -3.20. The van der Waals surface area contributed by atoms with Gasteiger partial charge in [0.1, 0.15) is 18.7 Å². The topological polar surface area (TPSA) is 200 Å². The number of carbonyl (C=O) groups excluding carboxylic acids is 5. The number of hydrogen-bond donors (Lipinski definition) is 4. The normalized spacial score (nSPS) is 18.3. The van der Waals surface area contributed by atoms with E-state index in [1.165, 1.54) is 6.92 Å². The molecule has 0 aromatic heterocycles. The van der Waals surface area contributed by atoms with Crippen LogP contribution in [-0.2, 0) is 48.8 Å². The Bertz CT molecular complexity index is 1250. The number of hydrogen-bond acceptors (Lipinski definition) is 12. The van der Waals surface area contributed by atoms with E-state index in [0.29, 0.717) is 71.5 Å². The van der Waals surface area contributed by atoms with Crippen LogP contribution in [0.3, 0.4) is 0 Å². The van der Waals surface area contributed by atoms with Gasteiger partial charge in [-0.1, -0.05) is 50.1 Å². The molecule has 0 spiro atoms. The molecule has 17 heteroatoms. The molecular weight excluding hydrogens is 673 g/mol. The van der Waals surface area contributed by atoms with E-state index in [1.807, 2.05) is 37.3 Å². The van der Waals surface area contributed by atoms with E-state index < -0.39 is 56.4 Å². The highest BCUT2D eigenvalue weighted by atomic mass is 31.1. The molecule has 50 heavy (non-hydrogen) atoms. The third-order valence-corrected chi connectivity index (χ3v) is 9.07. The molecular formula is C33H52N5O11P. The van der Waals surface area contributed by atoms with Crippen LogP contribution in [0, 0.1) is 0 Å². The number of nitrogens with zero attached hydrogens (tertiary/aromatic N) is 1. The van der Waals surface area contributed by atoms with Gasteiger partial charge < -0.3 is 44.9 Å². The molecule has 16 nitrogen and oxygen atoms in total. The van der Waals surface area contributed by atoms with Crippen molar-refractivity contribution in [2.24, 2.45) is 0 Å². The zero-order chi connectivity index (χ0) is 36.1. The molecule has 0 radical (unpaired) electrons. The monoisotopic (exact) mass is 725 g/mol. The van der Waals surface area contributed by atoms with Gasteiger partial charge >= 0.3 is 32.3 Å². The molecule has 3 rings (SSSR count). The van der Waals surface area contributed by atoms with Crippen LogP contribution in [0.2, 0.25) is 0 Å². The molecule has 4 amide bonds. The summed E-state index contributed by atoms with van der Waals surface area (Å²) in [7, 11) is -3.20. The summed E-state index contributed by atoms with van der Waals surface area (Å²) >= 11 is 0. The standard InChI is InChI=1S/C33H52N5O11P/c1-3-4-13-26(23-47-50(44)49-24(2)30(40)48-31(41)28-15-10-17-34-28)36-29(39)27(37-32(42)38-18-20-45-21-19-38)14-8-9-16-35-33(43)46-22-25-11-6-5-7-12-25/h5-7,11-12,24,26-28,34,50H,3-4,8-10,13-23H2,1-2H3,(H,35,43)(H,36,39)(H,37,42)/t24?,26?,27?,28-/m0/s1. The largest absolute Gasteiger partial charge is 0.445 e. The highest BCUT2D eigenvalue weighted by molar-refractivity contribution is 7.33. The van der Waals surface area contributed by atoms with Gasteiger partial charge in [-0.05, 0) is 57.6 Å². The van der Waals surface area contributed by atoms with Gasteiger partial charge in [0, 0.05) is 19.6 Å². The summed E-state index contributed by atoms with van der Waals surface area (Å²) in [4.78, 5) is 64.6. The van der Waals surface area contributed by atoms with Crippen molar-refractivity contribution in [1.29, 1.82) is 0 Å². The summed E-state index contributed by atoms with van der Waals surface area (Å²) in [5, 5.41) is 11.4. The van der Waals surface area contributed by atoms with Gasteiger partial charge in [-0.2, -0.15) is 0 Å². The van der Waals surface area contributed by atoms with E-state index in [-0.39, 0.29) is 19.2 Å². The summed E-state index contributed by atoms with van der Waals surface area (Å²) in [5.74, 6) is -2.12. The van der Waals surface area contributed by atoms with Gasteiger partial charge in [-0.3, -0.25) is 13.9 Å². The number of carbonyl (C=O) groups is 5. The van der Waals surface area contributed by atoms with Crippen LogP contribution in [0.5, 0.6) is 0 Å². The average molecular weight is 726 g/mol. The predicted octanol–water partition coefficient (Wildman–Crippen LogP) is 2.80. The molecule has 2 aliphatic rings. The fourth-order valence-corrected chi connectivity index (χ4v) is 5.99. The van der Waals surface area contributed by atoms with Gasteiger partial charge in [-0.25, -0.2) is 19.2 Å². The number of alkyl carbamates (subject to hydrolysis) is 1. The maximum absolute atomic E-state index is 13.5. The SMILES string of the molecule is CCCCC(CO[PH](=O)OC(C)C(=O)OC(=O)[C@@H]1CCCN1)NC(=O)C(CCCCNC(=O)OCc1ccccc1)NC(=O)N1CCOCC1. The fourth-order valence-electron chi connectivity index (χ4n) is 5.20. The van der Waals surface area contributed by atoms with Gasteiger partial charge in [0.15, 0.2) is 6.10 Å². The number of esters is 2. The van der Waals surface area contributed by atoms with E-state index in [4.69, 9.17) is 23.3 Å². The zero-order valence-corrected chi connectivity index (χ0v) is 29.9. The summed E-state index contributed by atoms with van der Waals surface area (Å²) in [6.07, 6.45) is 2.87. The quantitative estimate of drug-likeness (QED) is 0.0665. The second kappa shape index (κ2) is 23.0. The molecule has 0 bridgehead atoms. The maximum atomic E-state index is 13.5. The van der Waals surface area contributed by atoms with Crippen LogP contribution in [-0.4, -0.2) is 105 Å². The number of urea groups is 1. The Kier molecular flexibility index (Phi) is 18.8. The Balaban J connectivity index is 1.49. The molecule has 2 aliphatic heterocycles. The average Bonchev–Trinajstić information content (AvgIpc) is 3.67. The molecule has 0 aliphatic carbocycles. The van der Waals surface area contributed by atoms with Gasteiger partial charge in [0.25, 0.3) is 0 Å². The van der Waals surface area contributed by atoms with Crippen LogP contribution in [0.25, 0.3) is 0 Å². The summed E-state index contributed by atoms with van der Waals surface area (Å²) < 4.78 is 38.6. The van der Waals surface area contributed by atoms with Crippen molar-refractivity contribution in [3.05, 3.63) is 35.9 Å². The molecule has 0 saturated carbocycles. The lowest BCUT2D eigenvalue weighted by molar-refractivity contribution is -0.165. The molecule has 2 heterocycles. The van der Waals surface area contributed by atoms with Crippen molar-refractivity contribution in [1.82, 2.24) is 26.2 Å². The van der Waals surface area contributed by atoms with Crippen LogP contribution in [0.1, 0.15) is 70.8 Å². The minimum Gasteiger partial charge on any atom is -0.445 e. The summed E-state index contributed by atoms with van der Waals surface area (Å²) in [6.45, 7) is 5.84. The van der Waals surface area contributed by atoms with Gasteiger partial charge in [-0.15, -0.1) is 0 Å². The Labute approximate surface area is 293 Å². The molecule has 5 atom stereocenters. The minimum absolute atomic E-state index is 0.150. The van der Waals surface area contributed by atoms with Crippen LogP contribution >= 0.6 is 8.25 Å². The Morgan fingerprint density at radius 3 is 2.50 bits per heavy atom. The lowest BCUT2D eigenvalue weighted by atomic mass is 10.1. The van der Waals surface area contributed by atoms with Crippen molar-refractivity contribution in [2.75, 3.05) is 46.0 Å². The van der Waals surface area contributed by atoms with Crippen LogP contribution in [0.15, 0.2) is 30.3 Å². The fraction of sp³-hybridized carbons (Fsp3) is 0.667. The molecule has 1 aromatic carbocycles. The number of benzene rings is 1. The number of ether oxygens (including phenoxy) is 3. The Morgan fingerprint density at radius 2 is 1.80 bits per heavy atom. The summed E-state index contributed by atoms with van der Waals surface area (Å²) in [6, 6.07) is 6.90. The van der Waals surface area contributed by atoms with Crippen LogP contribution in [0.4, 0.5) is 9.59 Å². The van der Waals surface area contributed by atoms with E-state index >= 15 is 0 Å². The highest BCUT2D eigenvalue weighted by Crippen LogP contribution is 2.27. The third-order valence-electron chi connectivity index (χ3n) is 8.12. The third kappa shape index (κ3) is 15.5. The molecule has 2 saturated heterocycles. The van der Waals surface area contributed by atoms with E-state index in [9.17, 15) is 28.5 Å². The highest BCUT2D eigenvalue weighted by Gasteiger charge is 2.30. The number of amides is 4. The van der Waals surface area contributed by atoms with E-state index in [2.05, 4.69) is 21.3 Å². The second-order valence-electron chi connectivity index (χ2n) is 12.1. The van der Waals surface area contributed by atoms with Crippen molar-refractivity contribution >= 4 is 38.2 Å². The van der Waals surface area contributed by atoms with Gasteiger partial charge in [0.2, 0.25) is 5.91 Å². The first kappa shape index (κ1) is 40.9. The first-order valence-electron chi connectivity index (χ1n) is 17.4. The maximum Gasteiger partial charge on any atom is 0.407 e. The van der Waals surface area contributed by atoms with Gasteiger partial charge in [0.05, 0.1) is 25.9 Å². The second-order valence-corrected chi connectivity index (χ2v) is 13.2. The molecule has 4 unspecified atom stereocenters. The first-order valence-corrected chi connectivity index (χ1v) is 18.6. The van der Waals surface area contributed by atoms with Crippen molar-refractivity contribution in [2.45, 2.75) is 96.1 Å².